The predicted molar refractivity (Wildman–Crippen MR) is 96.3 cm³/mol. The SMILES string of the molecule is NC1CCN(c2nc(Nc3cc(C4CC4)n[nH]3)n3cccc3n2)CC1. The van der Waals surface area contributed by atoms with Gasteiger partial charge in [-0.3, -0.25) is 9.50 Å². The van der Waals surface area contributed by atoms with E-state index >= 15 is 0 Å². The maximum atomic E-state index is 6.02. The highest BCUT2D eigenvalue weighted by atomic mass is 15.3. The summed E-state index contributed by atoms with van der Waals surface area (Å²) in [6, 6.07) is 6.34. The maximum absolute atomic E-state index is 6.02. The number of nitrogens with two attached hydrogens (primary N) is 1. The lowest BCUT2D eigenvalue weighted by Crippen LogP contribution is -2.40. The van der Waals surface area contributed by atoms with Crippen molar-refractivity contribution in [3.05, 3.63) is 30.1 Å². The Balaban J connectivity index is 1.46. The number of anilines is 3. The molecule has 3 aromatic heterocycles. The first-order valence-corrected chi connectivity index (χ1v) is 8.94. The van der Waals surface area contributed by atoms with Crippen molar-refractivity contribution >= 4 is 23.4 Å². The molecule has 1 saturated carbocycles. The molecule has 0 atom stereocenters. The van der Waals surface area contributed by atoms with Crippen molar-refractivity contribution in [2.75, 3.05) is 23.3 Å². The van der Waals surface area contributed by atoms with Gasteiger partial charge in [0, 0.05) is 37.3 Å². The molecule has 8 nitrogen and oxygen atoms in total. The highest BCUT2D eigenvalue weighted by Gasteiger charge is 2.26. The fraction of sp³-hybridized carbons (Fsp3) is 0.471. The van der Waals surface area contributed by atoms with E-state index in [1.807, 2.05) is 22.7 Å². The predicted octanol–water partition coefficient (Wildman–Crippen LogP) is 2.00. The first-order valence-electron chi connectivity index (χ1n) is 8.94. The van der Waals surface area contributed by atoms with Gasteiger partial charge in [0.15, 0.2) is 0 Å². The van der Waals surface area contributed by atoms with Crippen molar-refractivity contribution in [1.29, 1.82) is 0 Å². The van der Waals surface area contributed by atoms with Gasteiger partial charge in [-0.25, -0.2) is 0 Å². The Kier molecular flexibility index (Phi) is 3.37. The molecule has 3 aromatic rings. The van der Waals surface area contributed by atoms with Gasteiger partial charge in [0.2, 0.25) is 11.9 Å². The minimum atomic E-state index is 0.289. The number of aromatic nitrogens is 5. The average Bonchev–Trinajstić information content (AvgIpc) is 3.17. The second-order valence-electron chi connectivity index (χ2n) is 7.01. The zero-order valence-corrected chi connectivity index (χ0v) is 14.0. The molecule has 0 spiro atoms. The van der Waals surface area contributed by atoms with E-state index < -0.39 is 0 Å². The average molecular weight is 338 g/mol. The minimum Gasteiger partial charge on any atom is -0.341 e. The Morgan fingerprint density at radius 2 is 2.00 bits per heavy atom. The van der Waals surface area contributed by atoms with Crippen LogP contribution in [0.4, 0.5) is 17.7 Å². The fourth-order valence-electron chi connectivity index (χ4n) is 3.36. The summed E-state index contributed by atoms with van der Waals surface area (Å²) in [5, 5.41) is 10.8. The number of H-pyrrole nitrogens is 1. The second kappa shape index (κ2) is 5.73. The molecule has 0 aromatic carbocycles. The van der Waals surface area contributed by atoms with E-state index in [1.54, 1.807) is 0 Å². The van der Waals surface area contributed by atoms with Gasteiger partial charge in [-0.05, 0) is 37.8 Å². The number of nitrogens with one attached hydrogen (secondary N) is 2. The number of hydrogen-bond acceptors (Lipinski definition) is 6. The Hall–Kier alpha value is -2.61. The molecule has 4 N–H and O–H groups in total. The molecular formula is C17H22N8. The molecule has 4 heterocycles. The number of fused-ring (bicyclic) bond motifs is 1. The van der Waals surface area contributed by atoms with Crippen LogP contribution >= 0.6 is 0 Å². The van der Waals surface area contributed by atoms with E-state index in [4.69, 9.17) is 15.7 Å². The van der Waals surface area contributed by atoms with E-state index in [9.17, 15) is 0 Å². The zero-order chi connectivity index (χ0) is 16.8. The Morgan fingerprint density at radius 1 is 1.16 bits per heavy atom. The largest absolute Gasteiger partial charge is 0.341 e. The Bertz CT molecular complexity index is 885. The molecular weight excluding hydrogens is 316 g/mol. The van der Waals surface area contributed by atoms with Crippen molar-refractivity contribution in [2.45, 2.75) is 37.6 Å². The molecule has 25 heavy (non-hydrogen) atoms. The van der Waals surface area contributed by atoms with Gasteiger partial charge >= 0.3 is 0 Å². The maximum Gasteiger partial charge on any atom is 0.230 e. The van der Waals surface area contributed by atoms with Gasteiger partial charge in [-0.2, -0.15) is 15.1 Å². The van der Waals surface area contributed by atoms with Crippen molar-refractivity contribution < 1.29 is 0 Å². The molecule has 130 valence electrons. The van der Waals surface area contributed by atoms with Gasteiger partial charge in [0.1, 0.15) is 11.5 Å². The van der Waals surface area contributed by atoms with Gasteiger partial charge in [-0.15, -0.1) is 0 Å². The van der Waals surface area contributed by atoms with Crippen LogP contribution in [0.1, 0.15) is 37.3 Å². The molecule has 0 amide bonds. The van der Waals surface area contributed by atoms with E-state index in [1.165, 1.54) is 12.8 Å². The van der Waals surface area contributed by atoms with E-state index in [2.05, 4.69) is 26.5 Å². The lowest BCUT2D eigenvalue weighted by atomic mass is 10.1. The van der Waals surface area contributed by atoms with Gasteiger partial charge in [0.25, 0.3) is 0 Å². The lowest BCUT2D eigenvalue weighted by molar-refractivity contribution is 0.495. The van der Waals surface area contributed by atoms with Crippen LogP contribution in [0.3, 0.4) is 0 Å². The molecule has 1 aliphatic heterocycles. The molecule has 8 heteroatoms. The van der Waals surface area contributed by atoms with Gasteiger partial charge in [0.05, 0.1) is 5.69 Å². The number of nitrogens with zero attached hydrogens (tertiary/aromatic N) is 5. The normalized spacial score (nSPS) is 18.8. The molecule has 5 rings (SSSR count). The van der Waals surface area contributed by atoms with Crippen LogP contribution in [0, 0.1) is 0 Å². The van der Waals surface area contributed by atoms with Gasteiger partial charge < -0.3 is 16.0 Å². The molecule has 0 radical (unpaired) electrons. The topological polar surface area (TPSA) is 100 Å². The van der Waals surface area contributed by atoms with Crippen LogP contribution in [0.25, 0.3) is 5.65 Å². The number of rotatable bonds is 4. The molecule has 0 bridgehead atoms. The Morgan fingerprint density at radius 3 is 2.80 bits per heavy atom. The molecule has 2 aliphatic rings. The first kappa shape index (κ1) is 14.7. The summed E-state index contributed by atoms with van der Waals surface area (Å²) in [4.78, 5) is 11.7. The molecule has 1 aliphatic carbocycles. The minimum absolute atomic E-state index is 0.289. The highest BCUT2D eigenvalue weighted by molar-refractivity contribution is 5.57. The van der Waals surface area contributed by atoms with E-state index in [0.717, 1.165) is 55.0 Å². The summed E-state index contributed by atoms with van der Waals surface area (Å²) < 4.78 is 1.96. The second-order valence-corrected chi connectivity index (χ2v) is 7.01. The third kappa shape index (κ3) is 2.82. The molecule has 0 unspecified atom stereocenters. The van der Waals surface area contributed by atoms with E-state index in [0.29, 0.717) is 5.92 Å². The summed E-state index contributed by atoms with van der Waals surface area (Å²) in [7, 11) is 0. The van der Waals surface area contributed by atoms with Crippen LogP contribution < -0.4 is 16.0 Å². The molecule has 2 fully saturated rings. The fourth-order valence-corrected chi connectivity index (χ4v) is 3.36. The number of aromatic amines is 1. The summed E-state index contributed by atoms with van der Waals surface area (Å²) in [6.07, 6.45) is 6.39. The van der Waals surface area contributed by atoms with Crippen LogP contribution in [-0.4, -0.2) is 43.7 Å². The van der Waals surface area contributed by atoms with E-state index in [-0.39, 0.29) is 6.04 Å². The van der Waals surface area contributed by atoms with Crippen LogP contribution in [-0.2, 0) is 0 Å². The molecule has 1 saturated heterocycles. The van der Waals surface area contributed by atoms with Gasteiger partial charge in [-0.1, -0.05) is 0 Å². The summed E-state index contributed by atoms with van der Waals surface area (Å²) in [6.45, 7) is 1.79. The van der Waals surface area contributed by atoms with Crippen molar-refractivity contribution in [2.24, 2.45) is 5.73 Å². The zero-order valence-electron chi connectivity index (χ0n) is 14.0. The monoisotopic (exact) mass is 338 g/mol. The van der Waals surface area contributed by atoms with Crippen LogP contribution in [0.15, 0.2) is 24.4 Å². The highest BCUT2D eigenvalue weighted by Crippen LogP contribution is 2.39. The third-order valence-electron chi connectivity index (χ3n) is 5.04. The van der Waals surface area contributed by atoms with Crippen molar-refractivity contribution in [1.82, 2.24) is 24.6 Å². The Labute approximate surface area is 145 Å². The summed E-state index contributed by atoms with van der Waals surface area (Å²) in [5.74, 6) is 2.98. The quantitative estimate of drug-likeness (QED) is 0.673. The van der Waals surface area contributed by atoms with Crippen LogP contribution in [0.2, 0.25) is 0 Å². The standard InChI is InChI=1S/C17H22N8/c18-12-5-8-24(9-6-12)16-20-15-2-1-7-25(15)17(21-16)19-14-10-13(22-23-14)11-3-4-11/h1-2,7,10-12H,3-6,8-9,18H2,(H2,19,20,21,22,23). The van der Waals surface area contributed by atoms with Crippen LogP contribution in [0.5, 0.6) is 0 Å². The van der Waals surface area contributed by atoms with Crippen molar-refractivity contribution in [3.63, 3.8) is 0 Å². The first-order chi connectivity index (χ1) is 12.3. The summed E-state index contributed by atoms with van der Waals surface area (Å²) >= 11 is 0. The van der Waals surface area contributed by atoms with Crippen molar-refractivity contribution in [3.8, 4) is 0 Å². The third-order valence-corrected chi connectivity index (χ3v) is 5.04. The lowest BCUT2D eigenvalue weighted by Gasteiger charge is -2.30. The summed E-state index contributed by atoms with van der Waals surface area (Å²) in [5.41, 5.74) is 8.03. The number of piperidine rings is 1. The smallest absolute Gasteiger partial charge is 0.230 e. The number of hydrogen-bond donors (Lipinski definition) is 3.